The molecule has 0 saturated carbocycles. The number of hydrogen-bond donors (Lipinski definition) is 0. The molecule has 0 saturated heterocycles. The third-order valence-electron chi connectivity index (χ3n) is 1.49. The van der Waals surface area contributed by atoms with Crippen molar-refractivity contribution in [2.24, 2.45) is 5.92 Å². The predicted molar refractivity (Wildman–Crippen MR) is 42.4 cm³/mol. The maximum atomic E-state index is 10.7. The average Bonchev–Trinajstić information content (AvgIpc) is 2.03. The standard InChI is InChI=1S/C8H14O4/c1-6(4-7(9)11-2)5-8(10)12-3/h6H,4-5H2,1-3H3. The molecule has 70 valence electrons. The molecule has 0 bridgehead atoms. The van der Waals surface area contributed by atoms with Gasteiger partial charge in [-0.3, -0.25) is 9.59 Å². The van der Waals surface area contributed by atoms with E-state index >= 15 is 0 Å². The van der Waals surface area contributed by atoms with Crippen molar-refractivity contribution in [3.8, 4) is 0 Å². The van der Waals surface area contributed by atoms with Crippen LogP contribution in [0.3, 0.4) is 0 Å². The Balaban J connectivity index is 3.66. The van der Waals surface area contributed by atoms with Gasteiger partial charge in [-0.1, -0.05) is 6.92 Å². The summed E-state index contributed by atoms with van der Waals surface area (Å²) in [6, 6.07) is 0. The molecule has 0 spiro atoms. The second-order valence-electron chi connectivity index (χ2n) is 2.67. The summed E-state index contributed by atoms with van der Waals surface area (Å²) in [5, 5.41) is 0. The van der Waals surface area contributed by atoms with Gasteiger partial charge in [-0.15, -0.1) is 0 Å². The summed E-state index contributed by atoms with van der Waals surface area (Å²) in [5.41, 5.74) is 0. The van der Waals surface area contributed by atoms with Crippen molar-refractivity contribution in [3.05, 3.63) is 0 Å². The van der Waals surface area contributed by atoms with Gasteiger partial charge in [0.2, 0.25) is 0 Å². The molecule has 0 unspecified atom stereocenters. The quantitative estimate of drug-likeness (QED) is 0.590. The summed E-state index contributed by atoms with van der Waals surface area (Å²) in [7, 11) is 2.65. The summed E-state index contributed by atoms with van der Waals surface area (Å²) in [6.45, 7) is 1.80. The van der Waals surface area contributed by atoms with Crippen molar-refractivity contribution in [1.29, 1.82) is 0 Å². The first-order valence-corrected chi connectivity index (χ1v) is 3.73. The van der Waals surface area contributed by atoms with E-state index in [-0.39, 0.29) is 30.7 Å². The van der Waals surface area contributed by atoms with Crippen LogP contribution in [0.15, 0.2) is 0 Å². The lowest BCUT2D eigenvalue weighted by atomic mass is 10.0. The minimum absolute atomic E-state index is 0.0232. The van der Waals surface area contributed by atoms with Crippen molar-refractivity contribution < 1.29 is 19.1 Å². The van der Waals surface area contributed by atoms with Gasteiger partial charge < -0.3 is 9.47 Å². The van der Waals surface area contributed by atoms with Crippen LogP contribution >= 0.6 is 0 Å². The Morgan fingerprint density at radius 2 is 1.42 bits per heavy atom. The summed E-state index contributed by atoms with van der Waals surface area (Å²) < 4.78 is 8.89. The molecule has 0 amide bonds. The van der Waals surface area contributed by atoms with Gasteiger partial charge in [0.25, 0.3) is 0 Å². The van der Waals surface area contributed by atoms with Gasteiger partial charge in [0.15, 0.2) is 0 Å². The zero-order valence-corrected chi connectivity index (χ0v) is 7.62. The summed E-state index contributed by atoms with van der Waals surface area (Å²) in [5.74, 6) is -0.622. The first-order valence-electron chi connectivity index (χ1n) is 3.73. The molecule has 12 heavy (non-hydrogen) atoms. The van der Waals surface area contributed by atoms with E-state index in [0.29, 0.717) is 0 Å². The van der Waals surface area contributed by atoms with Gasteiger partial charge >= 0.3 is 11.9 Å². The molecule has 0 atom stereocenters. The van der Waals surface area contributed by atoms with E-state index in [0.717, 1.165) is 0 Å². The largest absolute Gasteiger partial charge is 0.469 e. The SMILES string of the molecule is COC(=O)CC(C)CC(=O)OC. The first kappa shape index (κ1) is 10.9. The number of carbonyl (C=O) groups excluding carboxylic acids is 2. The van der Waals surface area contributed by atoms with Crippen molar-refractivity contribution in [2.75, 3.05) is 14.2 Å². The van der Waals surface area contributed by atoms with Crippen LogP contribution in [0.5, 0.6) is 0 Å². The van der Waals surface area contributed by atoms with E-state index in [4.69, 9.17) is 0 Å². The van der Waals surface area contributed by atoms with Crippen molar-refractivity contribution in [1.82, 2.24) is 0 Å². The first-order chi connectivity index (χ1) is 5.60. The number of esters is 2. The molecule has 0 aliphatic heterocycles. The van der Waals surface area contributed by atoms with Gasteiger partial charge in [0.1, 0.15) is 0 Å². The highest BCUT2D eigenvalue weighted by atomic mass is 16.5. The molecular weight excluding hydrogens is 160 g/mol. The summed E-state index contributed by atoms with van der Waals surface area (Å²) >= 11 is 0. The van der Waals surface area contributed by atoms with E-state index in [1.165, 1.54) is 14.2 Å². The van der Waals surface area contributed by atoms with Gasteiger partial charge in [0.05, 0.1) is 14.2 Å². The Labute approximate surface area is 71.8 Å². The fourth-order valence-electron chi connectivity index (χ4n) is 0.808. The van der Waals surface area contributed by atoms with Crippen LogP contribution in [0.2, 0.25) is 0 Å². The lowest BCUT2D eigenvalue weighted by molar-refractivity contribution is -0.144. The average molecular weight is 174 g/mol. The fourth-order valence-corrected chi connectivity index (χ4v) is 0.808. The monoisotopic (exact) mass is 174 g/mol. The van der Waals surface area contributed by atoms with Crippen LogP contribution in [0, 0.1) is 5.92 Å². The van der Waals surface area contributed by atoms with Gasteiger partial charge in [-0.25, -0.2) is 0 Å². The molecule has 0 aromatic heterocycles. The Morgan fingerprint density at radius 3 is 1.67 bits per heavy atom. The third kappa shape index (κ3) is 4.71. The Kier molecular flexibility index (Phi) is 5.08. The van der Waals surface area contributed by atoms with Crippen LogP contribution in [-0.2, 0) is 19.1 Å². The number of hydrogen-bond acceptors (Lipinski definition) is 4. The van der Waals surface area contributed by atoms with Crippen LogP contribution < -0.4 is 0 Å². The maximum absolute atomic E-state index is 10.7. The minimum Gasteiger partial charge on any atom is -0.469 e. The topological polar surface area (TPSA) is 52.6 Å². The number of ether oxygens (including phenoxy) is 2. The molecular formula is C8H14O4. The second kappa shape index (κ2) is 5.57. The highest BCUT2D eigenvalue weighted by Crippen LogP contribution is 2.08. The highest BCUT2D eigenvalue weighted by molar-refractivity contribution is 5.72. The zero-order valence-electron chi connectivity index (χ0n) is 7.62. The van der Waals surface area contributed by atoms with Crippen LogP contribution in [0.25, 0.3) is 0 Å². The van der Waals surface area contributed by atoms with Crippen molar-refractivity contribution in [2.45, 2.75) is 19.8 Å². The Bertz CT molecular complexity index is 146. The Morgan fingerprint density at radius 1 is 1.08 bits per heavy atom. The lowest BCUT2D eigenvalue weighted by Crippen LogP contribution is -2.12. The number of methoxy groups -OCH3 is 2. The van der Waals surface area contributed by atoms with Crippen molar-refractivity contribution >= 4 is 11.9 Å². The molecule has 0 aliphatic rings. The molecule has 0 aromatic rings. The summed E-state index contributed by atoms with van der Waals surface area (Å²) in [4.78, 5) is 21.4. The lowest BCUT2D eigenvalue weighted by Gasteiger charge is -2.07. The highest BCUT2D eigenvalue weighted by Gasteiger charge is 2.13. The van der Waals surface area contributed by atoms with Crippen molar-refractivity contribution in [3.63, 3.8) is 0 Å². The molecule has 4 nitrogen and oxygen atoms in total. The van der Waals surface area contributed by atoms with E-state index in [9.17, 15) is 9.59 Å². The van der Waals surface area contributed by atoms with E-state index in [1.807, 2.05) is 0 Å². The van der Waals surface area contributed by atoms with Gasteiger partial charge in [0, 0.05) is 12.8 Å². The predicted octanol–water partition coefficient (Wildman–Crippen LogP) is 0.749. The van der Waals surface area contributed by atoms with Gasteiger partial charge in [-0.2, -0.15) is 0 Å². The zero-order chi connectivity index (χ0) is 9.56. The van der Waals surface area contributed by atoms with Crippen LogP contribution in [0.1, 0.15) is 19.8 Å². The molecule has 0 rings (SSSR count). The smallest absolute Gasteiger partial charge is 0.305 e. The van der Waals surface area contributed by atoms with Crippen LogP contribution in [-0.4, -0.2) is 26.2 Å². The van der Waals surface area contributed by atoms with Gasteiger partial charge in [-0.05, 0) is 5.92 Å². The molecule has 4 heteroatoms. The number of rotatable bonds is 4. The van der Waals surface area contributed by atoms with E-state index in [1.54, 1.807) is 6.92 Å². The molecule has 0 aromatic carbocycles. The minimum atomic E-state index is -0.300. The number of carbonyl (C=O) groups is 2. The van der Waals surface area contributed by atoms with E-state index in [2.05, 4.69) is 9.47 Å². The molecule has 0 heterocycles. The second-order valence-corrected chi connectivity index (χ2v) is 2.67. The normalized spacial score (nSPS) is 9.67. The maximum Gasteiger partial charge on any atom is 0.305 e. The summed E-state index contributed by atoms with van der Waals surface area (Å²) in [6.07, 6.45) is 0.511. The molecule has 0 N–H and O–H groups in total. The van der Waals surface area contributed by atoms with E-state index < -0.39 is 0 Å². The molecule has 0 radical (unpaired) electrons. The molecule has 0 fully saturated rings. The third-order valence-corrected chi connectivity index (χ3v) is 1.49. The molecule has 0 aliphatic carbocycles. The fraction of sp³-hybridized carbons (Fsp3) is 0.750. The van der Waals surface area contributed by atoms with Crippen LogP contribution in [0.4, 0.5) is 0 Å². The Hall–Kier alpha value is -1.06.